The van der Waals surface area contributed by atoms with Crippen molar-refractivity contribution in [2.45, 2.75) is 6.92 Å². The van der Waals surface area contributed by atoms with E-state index in [1.807, 2.05) is 4.81 Å². The summed E-state index contributed by atoms with van der Waals surface area (Å²) in [6, 6.07) is 0. The van der Waals surface area contributed by atoms with Gasteiger partial charge in [-0.2, -0.15) is 0 Å². The molecule has 10 heavy (non-hydrogen) atoms. The number of likely N-dealkylation sites (tertiary alicyclic amines) is 1. The van der Waals surface area contributed by atoms with E-state index in [-0.39, 0.29) is 0 Å². The predicted molar refractivity (Wildman–Crippen MR) is 41.9 cm³/mol. The Hall–Kier alpha value is -0.0151. The van der Waals surface area contributed by atoms with Crippen molar-refractivity contribution in [3.8, 4) is 0 Å². The smallest absolute Gasteiger partial charge is 0.182 e. The van der Waals surface area contributed by atoms with E-state index in [4.69, 9.17) is 7.98 Å². The van der Waals surface area contributed by atoms with Gasteiger partial charge in [-0.1, -0.05) is 6.92 Å². The molecule has 2 fully saturated rings. The highest BCUT2D eigenvalue weighted by Gasteiger charge is 2.48. The third-order valence-electron chi connectivity index (χ3n) is 2.64. The Morgan fingerprint density at radius 2 is 1.90 bits per heavy atom. The summed E-state index contributed by atoms with van der Waals surface area (Å²) in [6.45, 7) is 8.19. The maximum Gasteiger partial charge on any atom is 0.182 e. The first-order chi connectivity index (χ1) is 4.74. The number of hydrogen-bond acceptors (Lipinski definition) is 2. The second-order valence-electron chi connectivity index (χ2n) is 3.71. The first-order valence-electron chi connectivity index (χ1n) is 3.96. The molecular formula is C7H13BN2. The van der Waals surface area contributed by atoms with Gasteiger partial charge in [0.15, 0.2) is 7.98 Å². The molecule has 2 heterocycles. The summed E-state index contributed by atoms with van der Waals surface area (Å²) < 4.78 is 0. The second kappa shape index (κ2) is 1.99. The van der Waals surface area contributed by atoms with Gasteiger partial charge in [0.25, 0.3) is 0 Å². The summed E-state index contributed by atoms with van der Waals surface area (Å²) in [4.78, 5) is 4.38. The lowest BCUT2D eigenvalue weighted by Gasteiger charge is -2.60. The molecule has 0 saturated carbocycles. The Morgan fingerprint density at radius 3 is 2.30 bits per heavy atom. The molecule has 0 aromatic heterocycles. The molecule has 0 aliphatic carbocycles. The van der Waals surface area contributed by atoms with Crippen molar-refractivity contribution < 1.29 is 0 Å². The van der Waals surface area contributed by atoms with Crippen molar-refractivity contribution in [1.82, 2.24) is 9.71 Å². The molecule has 0 unspecified atom stereocenters. The topological polar surface area (TPSA) is 6.48 Å². The van der Waals surface area contributed by atoms with Gasteiger partial charge in [-0.25, -0.2) is 0 Å². The van der Waals surface area contributed by atoms with Gasteiger partial charge in [0.05, 0.1) is 0 Å². The standard InChI is InChI=1S/C7H13BN2/c1-2-9-3-7(4-9)5-10(8)6-7/h2-6H2,1H3. The first kappa shape index (κ1) is 6.68. The van der Waals surface area contributed by atoms with Crippen LogP contribution in [-0.4, -0.2) is 50.4 Å². The molecular weight excluding hydrogens is 123 g/mol. The molecule has 2 aliphatic heterocycles. The van der Waals surface area contributed by atoms with Crippen molar-refractivity contribution in [1.29, 1.82) is 0 Å². The molecule has 0 aromatic carbocycles. The lowest BCUT2D eigenvalue weighted by Crippen LogP contribution is -2.71. The molecule has 54 valence electrons. The van der Waals surface area contributed by atoms with Gasteiger partial charge in [0.2, 0.25) is 0 Å². The monoisotopic (exact) mass is 136 g/mol. The van der Waals surface area contributed by atoms with Crippen LogP contribution in [0, 0.1) is 5.41 Å². The fourth-order valence-electron chi connectivity index (χ4n) is 2.14. The Morgan fingerprint density at radius 1 is 1.30 bits per heavy atom. The minimum absolute atomic E-state index is 0.616. The molecule has 2 nitrogen and oxygen atoms in total. The molecule has 0 aromatic rings. The number of nitrogens with zero attached hydrogens (tertiary/aromatic N) is 2. The minimum Gasteiger partial charge on any atom is -0.352 e. The van der Waals surface area contributed by atoms with E-state index in [9.17, 15) is 0 Å². The third-order valence-corrected chi connectivity index (χ3v) is 2.64. The van der Waals surface area contributed by atoms with Gasteiger partial charge in [0, 0.05) is 18.5 Å². The molecule has 0 amide bonds. The van der Waals surface area contributed by atoms with Crippen LogP contribution in [0.2, 0.25) is 0 Å². The Balaban J connectivity index is 1.80. The van der Waals surface area contributed by atoms with E-state index in [1.54, 1.807) is 0 Å². The highest BCUT2D eigenvalue weighted by atomic mass is 15.3. The van der Waals surface area contributed by atoms with E-state index in [0.29, 0.717) is 5.41 Å². The van der Waals surface area contributed by atoms with E-state index in [2.05, 4.69) is 11.8 Å². The minimum atomic E-state index is 0.616. The van der Waals surface area contributed by atoms with Crippen LogP contribution in [0.5, 0.6) is 0 Å². The summed E-state index contributed by atoms with van der Waals surface area (Å²) in [5.74, 6) is 0. The molecule has 2 aliphatic rings. The maximum absolute atomic E-state index is 5.57. The van der Waals surface area contributed by atoms with Gasteiger partial charge in [-0.3, -0.25) is 0 Å². The van der Waals surface area contributed by atoms with Crippen LogP contribution in [-0.2, 0) is 0 Å². The zero-order valence-electron chi connectivity index (χ0n) is 6.51. The Bertz CT molecular complexity index is 135. The lowest BCUT2D eigenvalue weighted by atomic mass is 9.71. The Kier molecular flexibility index (Phi) is 1.33. The first-order valence-corrected chi connectivity index (χ1v) is 3.96. The molecule has 0 atom stereocenters. The SMILES string of the molecule is [B]N1CC2(C1)CN(CC)C2. The average molecular weight is 136 g/mol. The van der Waals surface area contributed by atoms with Gasteiger partial charge in [-0.05, 0) is 19.6 Å². The average Bonchev–Trinajstić information content (AvgIpc) is 1.74. The summed E-state index contributed by atoms with van der Waals surface area (Å²) in [7, 11) is 5.57. The predicted octanol–water partition coefficient (Wildman–Crippen LogP) is -0.293. The molecule has 2 rings (SSSR count). The van der Waals surface area contributed by atoms with Crippen molar-refractivity contribution in [2.24, 2.45) is 5.41 Å². The molecule has 0 bridgehead atoms. The van der Waals surface area contributed by atoms with Crippen molar-refractivity contribution >= 4 is 7.98 Å². The Labute approximate surface area is 63.6 Å². The highest BCUT2D eigenvalue weighted by Crippen LogP contribution is 2.37. The van der Waals surface area contributed by atoms with Crippen LogP contribution < -0.4 is 0 Å². The fourth-order valence-corrected chi connectivity index (χ4v) is 2.14. The van der Waals surface area contributed by atoms with E-state index >= 15 is 0 Å². The van der Waals surface area contributed by atoms with Crippen LogP contribution in [0.4, 0.5) is 0 Å². The largest absolute Gasteiger partial charge is 0.352 e. The fraction of sp³-hybridized carbons (Fsp3) is 1.00. The van der Waals surface area contributed by atoms with Gasteiger partial charge < -0.3 is 9.71 Å². The normalized spacial score (nSPS) is 31.7. The lowest BCUT2D eigenvalue weighted by molar-refractivity contribution is -0.0778. The van der Waals surface area contributed by atoms with Crippen LogP contribution in [0.25, 0.3) is 0 Å². The third kappa shape index (κ3) is 0.806. The quantitative estimate of drug-likeness (QED) is 0.457. The van der Waals surface area contributed by atoms with Gasteiger partial charge in [-0.15, -0.1) is 0 Å². The highest BCUT2D eigenvalue weighted by molar-refractivity contribution is 6.05. The number of rotatable bonds is 1. The molecule has 3 heteroatoms. The zero-order valence-corrected chi connectivity index (χ0v) is 6.51. The van der Waals surface area contributed by atoms with Crippen molar-refractivity contribution in [3.63, 3.8) is 0 Å². The van der Waals surface area contributed by atoms with E-state index in [0.717, 1.165) is 13.1 Å². The van der Waals surface area contributed by atoms with Crippen LogP contribution in [0.3, 0.4) is 0 Å². The molecule has 0 N–H and O–H groups in total. The zero-order chi connectivity index (χ0) is 7.19. The van der Waals surface area contributed by atoms with Gasteiger partial charge in [0.1, 0.15) is 0 Å². The number of hydrogen-bond donors (Lipinski definition) is 0. The maximum atomic E-state index is 5.57. The van der Waals surface area contributed by atoms with Crippen LogP contribution >= 0.6 is 0 Å². The van der Waals surface area contributed by atoms with Crippen LogP contribution in [0.1, 0.15) is 6.92 Å². The molecule has 2 saturated heterocycles. The van der Waals surface area contributed by atoms with E-state index in [1.165, 1.54) is 19.6 Å². The second-order valence-corrected chi connectivity index (χ2v) is 3.71. The van der Waals surface area contributed by atoms with Crippen LogP contribution in [0.15, 0.2) is 0 Å². The van der Waals surface area contributed by atoms with E-state index < -0.39 is 0 Å². The van der Waals surface area contributed by atoms with Crippen molar-refractivity contribution in [3.05, 3.63) is 0 Å². The molecule has 1 spiro atoms. The summed E-state index contributed by atoms with van der Waals surface area (Å²) in [5.41, 5.74) is 0.616. The summed E-state index contributed by atoms with van der Waals surface area (Å²) >= 11 is 0. The van der Waals surface area contributed by atoms with Crippen molar-refractivity contribution in [2.75, 3.05) is 32.7 Å². The summed E-state index contributed by atoms with van der Waals surface area (Å²) in [6.07, 6.45) is 0. The summed E-state index contributed by atoms with van der Waals surface area (Å²) in [5, 5.41) is 0. The van der Waals surface area contributed by atoms with Gasteiger partial charge >= 0.3 is 0 Å². The molecule has 2 radical (unpaired) electrons.